The third kappa shape index (κ3) is 4.18. The number of nitrogens with two attached hydrogens (primary N) is 1. The Bertz CT molecular complexity index is 426. The van der Waals surface area contributed by atoms with Crippen LogP contribution in [0.15, 0.2) is 24.3 Å². The number of hydrogen-bond acceptors (Lipinski definition) is 3. The van der Waals surface area contributed by atoms with Crippen molar-refractivity contribution in [1.29, 1.82) is 0 Å². The van der Waals surface area contributed by atoms with Crippen molar-refractivity contribution in [1.82, 2.24) is 0 Å². The third-order valence-corrected chi connectivity index (χ3v) is 2.78. The number of benzene rings is 1. The second kappa shape index (κ2) is 6.16. The van der Waals surface area contributed by atoms with Crippen LogP contribution in [0.1, 0.15) is 19.4 Å². The first-order valence-electron chi connectivity index (χ1n) is 5.77. The first-order chi connectivity index (χ1) is 8.40. The number of rotatable bonds is 5. The summed E-state index contributed by atoms with van der Waals surface area (Å²) < 4.78 is 0. The fourth-order valence-corrected chi connectivity index (χ4v) is 1.38. The maximum Gasteiger partial charge on any atom is 0.307 e. The number of aliphatic carboxylic acids is 1. The molecule has 1 aromatic rings. The number of carbonyl (C=O) groups excluding carboxylic acids is 1. The van der Waals surface area contributed by atoms with Gasteiger partial charge in [-0.2, -0.15) is 0 Å². The summed E-state index contributed by atoms with van der Waals surface area (Å²) >= 11 is 0. The summed E-state index contributed by atoms with van der Waals surface area (Å²) in [4.78, 5) is 22.2. The van der Waals surface area contributed by atoms with Crippen LogP contribution in [-0.2, 0) is 16.0 Å². The first kappa shape index (κ1) is 14.2. The molecule has 4 N–H and O–H groups in total. The van der Waals surface area contributed by atoms with Crippen LogP contribution in [0.25, 0.3) is 0 Å². The standard InChI is InChI=1S/C13H18N2O3/c1-8(9(2)14)13(18)15-11-5-3-10(4-6-11)7-12(16)17/h3-6,8-9H,7,14H2,1-2H3,(H,15,18)(H,16,17). The SMILES string of the molecule is CC(N)C(C)C(=O)Nc1ccc(CC(=O)O)cc1. The van der Waals surface area contributed by atoms with Gasteiger partial charge in [0.1, 0.15) is 0 Å². The van der Waals surface area contributed by atoms with Crippen molar-refractivity contribution < 1.29 is 14.7 Å². The van der Waals surface area contributed by atoms with Crippen LogP contribution in [0.4, 0.5) is 5.69 Å². The third-order valence-electron chi connectivity index (χ3n) is 2.78. The Kier molecular flexibility index (Phi) is 4.85. The molecule has 0 aliphatic carbocycles. The topological polar surface area (TPSA) is 92.4 Å². The van der Waals surface area contributed by atoms with E-state index in [1.807, 2.05) is 0 Å². The summed E-state index contributed by atoms with van der Waals surface area (Å²) in [5.41, 5.74) is 6.98. The van der Waals surface area contributed by atoms with Crippen LogP contribution < -0.4 is 11.1 Å². The van der Waals surface area contributed by atoms with Gasteiger partial charge in [0.15, 0.2) is 0 Å². The Balaban J connectivity index is 2.63. The zero-order valence-electron chi connectivity index (χ0n) is 10.5. The van der Waals surface area contributed by atoms with E-state index >= 15 is 0 Å². The minimum Gasteiger partial charge on any atom is -0.481 e. The van der Waals surface area contributed by atoms with Gasteiger partial charge in [0, 0.05) is 11.7 Å². The lowest BCUT2D eigenvalue weighted by molar-refractivity contribution is -0.136. The number of carboxylic acids is 1. The largest absolute Gasteiger partial charge is 0.481 e. The molecule has 0 bridgehead atoms. The average Bonchev–Trinajstić information content (AvgIpc) is 2.29. The zero-order valence-corrected chi connectivity index (χ0v) is 10.5. The molecule has 98 valence electrons. The maximum atomic E-state index is 11.7. The molecular formula is C13H18N2O3. The van der Waals surface area contributed by atoms with E-state index in [1.165, 1.54) is 0 Å². The lowest BCUT2D eigenvalue weighted by atomic mass is 10.0. The van der Waals surface area contributed by atoms with E-state index in [9.17, 15) is 9.59 Å². The molecule has 0 aromatic heterocycles. The summed E-state index contributed by atoms with van der Waals surface area (Å²) in [5, 5.41) is 11.4. The van der Waals surface area contributed by atoms with E-state index in [0.717, 1.165) is 0 Å². The van der Waals surface area contributed by atoms with Crippen molar-refractivity contribution in [2.45, 2.75) is 26.3 Å². The molecule has 0 fully saturated rings. The predicted octanol–water partition coefficient (Wildman–Crippen LogP) is 1.24. The minimum absolute atomic E-state index is 0.0233. The second-order valence-corrected chi connectivity index (χ2v) is 4.40. The van der Waals surface area contributed by atoms with Gasteiger partial charge in [-0.1, -0.05) is 19.1 Å². The average molecular weight is 250 g/mol. The summed E-state index contributed by atoms with van der Waals surface area (Å²) in [6.07, 6.45) is -0.0233. The number of carboxylic acid groups (broad SMARTS) is 1. The van der Waals surface area contributed by atoms with Gasteiger partial charge in [0.05, 0.1) is 12.3 Å². The molecule has 0 saturated heterocycles. The molecule has 18 heavy (non-hydrogen) atoms. The Hall–Kier alpha value is -1.88. The van der Waals surface area contributed by atoms with E-state index in [-0.39, 0.29) is 24.3 Å². The maximum absolute atomic E-state index is 11.7. The molecule has 2 unspecified atom stereocenters. The van der Waals surface area contributed by atoms with Crippen molar-refractivity contribution in [2.24, 2.45) is 11.7 Å². The summed E-state index contributed by atoms with van der Waals surface area (Å²) in [6.45, 7) is 3.54. The molecular weight excluding hydrogens is 232 g/mol. The molecule has 0 aliphatic rings. The van der Waals surface area contributed by atoms with Gasteiger partial charge in [-0.25, -0.2) is 0 Å². The van der Waals surface area contributed by atoms with E-state index in [2.05, 4.69) is 5.32 Å². The summed E-state index contributed by atoms with van der Waals surface area (Å²) in [6, 6.07) is 6.52. The quantitative estimate of drug-likeness (QED) is 0.733. The normalized spacial score (nSPS) is 13.7. The van der Waals surface area contributed by atoms with Gasteiger partial charge in [-0.3, -0.25) is 9.59 Å². The van der Waals surface area contributed by atoms with E-state index in [1.54, 1.807) is 38.1 Å². The lowest BCUT2D eigenvalue weighted by Gasteiger charge is -2.15. The van der Waals surface area contributed by atoms with Crippen molar-refractivity contribution in [3.8, 4) is 0 Å². The summed E-state index contributed by atoms with van der Waals surface area (Å²) in [5.74, 6) is -1.29. The Morgan fingerprint density at radius 3 is 2.28 bits per heavy atom. The number of hydrogen-bond donors (Lipinski definition) is 3. The molecule has 0 aliphatic heterocycles. The van der Waals surface area contributed by atoms with Crippen molar-refractivity contribution >= 4 is 17.6 Å². The molecule has 1 amide bonds. The van der Waals surface area contributed by atoms with Gasteiger partial charge in [0.25, 0.3) is 0 Å². The van der Waals surface area contributed by atoms with E-state index < -0.39 is 5.97 Å². The number of anilines is 1. The Labute approximate surface area is 106 Å². The van der Waals surface area contributed by atoms with Crippen LogP contribution in [0.3, 0.4) is 0 Å². The first-order valence-corrected chi connectivity index (χ1v) is 5.77. The fourth-order valence-electron chi connectivity index (χ4n) is 1.38. The van der Waals surface area contributed by atoms with Crippen LogP contribution in [0, 0.1) is 5.92 Å². The molecule has 0 heterocycles. The molecule has 0 radical (unpaired) electrons. The van der Waals surface area contributed by atoms with Crippen molar-refractivity contribution in [3.63, 3.8) is 0 Å². The molecule has 1 rings (SSSR count). The van der Waals surface area contributed by atoms with Gasteiger partial charge in [-0.05, 0) is 24.6 Å². The van der Waals surface area contributed by atoms with Crippen LogP contribution >= 0.6 is 0 Å². The Morgan fingerprint density at radius 2 is 1.83 bits per heavy atom. The molecule has 5 heteroatoms. The van der Waals surface area contributed by atoms with Crippen LogP contribution in [0.2, 0.25) is 0 Å². The summed E-state index contributed by atoms with van der Waals surface area (Å²) in [7, 11) is 0. The van der Waals surface area contributed by atoms with Gasteiger partial charge >= 0.3 is 5.97 Å². The van der Waals surface area contributed by atoms with Gasteiger partial charge in [0.2, 0.25) is 5.91 Å². The fraction of sp³-hybridized carbons (Fsp3) is 0.385. The number of carbonyl (C=O) groups is 2. The van der Waals surface area contributed by atoms with Crippen LogP contribution in [-0.4, -0.2) is 23.0 Å². The molecule has 1 aromatic carbocycles. The van der Waals surface area contributed by atoms with Gasteiger partial charge in [-0.15, -0.1) is 0 Å². The Morgan fingerprint density at radius 1 is 1.28 bits per heavy atom. The van der Waals surface area contributed by atoms with Crippen LogP contribution in [0.5, 0.6) is 0 Å². The van der Waals surface area contributed by atoms with Crippen molar-refractivity contribution in [2.75, 3.05) is 5.32 Å². The van der Waals surface area contributed by atoms with E-state index in [0.29, 0.717) is 11.3 Å². The van der Waals surface area contributed by atoms with E-state index in [4.69, 9.17) is 10.8 Å². The highest BCUT2D eigenvalue weighted by atomic mass is 16.4. The zero-order chi connectivity index (χ0) is 13.7. The van der Waals surface area contributed by atoms with Crippen molar-refractivity contribution in [3.05, 3.63) is 29.8 Å². The monoisotopic (exact) mass is 250 g/mol. The molecule has 0 saturated carbocycles. The van der Waals surface area contributed by atoms with Gasteiger partial charge < -0.3 is 16.2 Å². The molecule has 2 atom stereocenters. The minimum atomic E-state index is -0.877. The second-order valence-electron chi connectivity index (χ2n) is 4.40. The number of amides is 1. The smallest absolute Gasteiger partial charge is 0.307 e. The number of nitrogens with one attached hydrogen (secondary N) is 1. The lowest BCUT2D eigenvalue weighted by Crippen LogP contribution is -2.34. The highest BCUT2D eigenvalue weighted by Gasteiger charge is 2.16. The molecule has 0 spiro atoms. The predicted molar refractivity (Wildman–Crippen MR) is 69.2 cm³/mol. The highest BCUT2D eigenvalue weighted by molar-refractivity contribution is 5.92. The molecule has 5 nitrogen and oxygen atoms in total. The highest BCUT2D eigenvalue weighted by Crippen LogP contribution is 2.12.